The molecule has 10 heteroatoms. The minimum absolute atomic E-state index is 0.0309. The lowest BCUT2D eigenvalue weighted by atomic mass is 10.0. The predicted octanol–water partition coefficient (Wildman–Crippen LogP) is 0.553. The van der Waals surface area contributed by atoms with Crippen LogP contribution in [0.3, 0.4) is 0 Å². The van der Waals surface area contributed by atoms with Crippen LogP contribution in [0.5, 0.6) is 0 Å². The zero-order valence-electron chi connectivity index (χ0n) is 15.9. The molecule has 4 rings (SSSR count). The molecule has 3 unspecified atom stereocenters. The van der Waals surface area contributed by atoms with Crippen molar-refractivity contribution in [2.45, 2.75) is 44.8 Å². The molecule has 0 spiro atoms. The molecule has 3 aliphatic rings. The summed E-state index contributed by atoms with van der Waals surface area (Å²) in [7, 11) is 0. The normalized spacial score (nSPS) is 27.4. The largest absolute Gasteiger partial charge is 0.360 e. The molecule has 2 saturated heterocycles. The summed E-state index contributed by atoms with van der Waals surface area (Å²) in [4.78, 5) is 52.0. The minimum atomic E-state index is -1.23. The Morgan fingerprint density at radius 1 is 1.03 bits per heavy atom. The highest BCUT2D eigenvalue weighted by molar-refractivity contribution is 6.25. The maximum atomic E-state index is 14.9. The van der Waals surface area contributed by atoms with Crippen molar-refractivity contribution in [3.05, 3.63) is 28.8 Å². The summed E-state index contributed by atoms with van der Waals surface area (Å²) >= 11 is 0. The summed E-state index contributed by atoms with van der Waals surface area (Å²) in [6, 6.07) is -1.01. The Labute approximate surface area is 165 Å². The van der Waals surface area contributed by atoms with Gasteiger partial charge < -0.3 is 10.2 Å². The number of anilines is 1. The van der Waals surface area contributed by atoms with Gasteiger partial charge in [0, 0.05) is 31.6 Å². The highest BCUT2D eigenvalue weighted by atomic mass is 19.2. The average molecular weight is 406 g/mol. The molecule has 0 radical (unpaired) electrons. The Morgan fingerprint density at radius 3 is 2.31 bits per heavy atom. The van der Waals surface area contributed by atoms with E-state index in [1.54, 1.807) is 18.7 Å². The number of amides is 4. The quantitative estimate of drug-likeness (QED) is 0.697. The SMILES string of the molecule is CC1CNCC(C)N1c1c(F)c(F)cc2c1C(=O)N(C1CCC(=O)NC1=O)C2=O. The zero-order chi connectivity index (χ0) is 21.0. The van der Waals surface area contributed by atoms with Crippen molar-refractivity contribution < 1.29 is 28.0 Å². The van der Waals surface area contributed by atoms with Gasteiger partial charge in [-0.25, -0.2) is 8.78 Å². The van der Waals surface area contributed by atoms with Crippen LogP contribution in [-0.2, 0) is 9.59 Å². The van der Waals surface area contributed by atoms with Gasteiger partial charge >= 0.3 is 0 Å². The summed E-state index contributed by atoms with van der Waals surface area (Å²) in [5.74, 6) is -5.42. The Kier molecular flexibility index (Phi) is 4.60. The number of fused-ring (bicyclic) bond motifs is 1. The van der Waals surface area contributed by atoms with E-state index in [0.29, 0.717) is 24.1 Å². The van der Waals surface area contributed by atoms with E-state index in [1.165, 1.54) is 0 Å². The van der Waals surface area contributed by atoms with E-state index in [4.69, 9.17) is 0 Å². The first kappa shape index (κ1) is 19.4. The maximum Gasteiger partial charge on any atom is 0.264 e. The molecule has 154 valence electrons. The predicted molar refractivity (Wildman–Crippen MR) is 97.3 cm³/mol. The molecule has 2 fully saturated rings. The van der Waals surface area contributed by atoms with Crippen LogP contribution in [0.2, 0.25) is 0 Å². The molecular formula is C19H20F2N4O4. The van der Waals surface area contributed by atoms with Crippen LogP contribution < -0.4 is 15.5 Å². The molecule has 0 aliphatic carbocycles. The third-order valence-electron chi connectivity index (χ3n) is 5.69. The number of imide groups is 2. The van der Waals surface area contributed by atoms with Crippen molar-refractivity contribution >= 4 is 29.3 Å². The number of carbonyl (C=O) groups is 4. The lowest BCUT2D eigenvalue weighted by Gasteiger charge is -2.42. The molecule has 0 bridgehead atoms. The van der Waals surface area contributed by atoms with Gasteiger partial charge in [-0.2, -0.15) is 0 Å². The van der Waals surface area contributed by atoms with Crippen LogP contribution in [0, 0.1) is 11.6 Å². The first-order valence-corrected chi connectivity index (χ1v) is 9.45. The van der Waals surface area contributed by atoms with Crippen LogP contribution in [0.4, 0.5) is 14.5 Å². The third-order valence-corrected chi connectivity index (χ3v) is 5.69. The molecule has 3 atom stereocenters. The Bertz CT molecular complexity index is 941. The topological polar surface area (TPSA) is 98.8 Å². The van der Waals surface area contributed by atoms with Crippen LogP contribution >= 0.6 is 0 Å². The van der Waals surface area contributed by atoms with E-state index in [0.717, 1.165) is 0 Å². The van der Waals surface area contributed by atoms with Gasteiger partial charge in [0.15, 0.2) is 11.6 Å². The average Bonchev–Trinajstić information content (AvgIpc) is 2.89. The van der Waals surface area contributed by atoms with E-state index in [-0.39, 0.29) is 41.7 Å². The monoisotopic (exact) mass is 406 g/mol. The van der Waals surface area contributed by atoms with E-state index < -0.39 is 41.3 Å². The van der Waals surface area contributed by atoms with Crippen molar-refractivity contribution in [2.75, 3.05) is 18.0 Å². The van der Waals surface area contributed by atoms with Crippen LogP contribution in [0.25, 0.3) is 0 Å². The fraction of sp³-hybridized carbons (Fsp3) is 0.474. The fourth-order valence-corrected chi connectivity index (χ4v) is 4.37. The second-order valence-electron chi connectivity index (χ2n) is 7.65. The molecule has 3 heterocycles. The number of hydrogen-bond donors (Lipinski definition) is 2. The van der Waals surface area contributed by atoms with Crippen molar-refractivity contribution in [3.63, 3.8) is 0 Å². The smallest absolute Gasteiger partial charge is 0.264 e. The molecule has 0 aromatic heterocycles. The summed E-state index contributed by atoms with van der Waals surface area (Å²) in [6.45, 7) is 4.60. The fourth-order valence-electron chi connectivity index (χ4n) is 4.37. The number of rotatable bonds is 2. The van der Waals surface area contributed by atoms with Gasteiger partial charge in [-0.3, -0.25) is 29.4 Å². The molecule has 1 aromatic carbocycles. The first-order chi connectivity index (χ1) is 13.7. The summed E-state index contributed by atoms with van der Waals surface area (Å²) in [5, 5.41) is 5.27. The lowest BCUT2D eigenvalue weighted by molar-refractivity contribution is -0.136. The third kappa shape index (κ3) is 2.89. The number of halogens is 2. The number of benzene rings is 1. The molecule has 4 amide bonds. The summed E-state index contributed by atoms with van der Waals surface area (Å²) in [6.07, 6.45) is -0.0673. The molecular weight excluding hydrogens is 386 g/mol. The van der Waals surface area contributed by atoms with Crippen LogP contribution in [0.15, 0.2) is 6.07 Å². The number of nitrogens with one attached hydrogen (secondary N) is 2. The van der Waals surface area contributed by atoms with E-state index in [1.807, 2.05) is 0 Å². The number of piperazine rings is 1. The number of hydrogen-bond acceptors (Lipinski definition) is 6. The Morgan fingerprint density at radius 2 is 1.69 bits per heavy atom. The first-order valence-electron chi connectivity index (χ1n) is 9.45. The van der Waals surface area contributed by atoms with E-state index >= 15 is 0 Å². The minimum Gasteiger partial charge on any atom is -0.360 e. The second kappa shape index (κ2) is 6.87. The number of carbonyl (C=O) groups excluding carboxylic acids is 4. The van der Waals surface area contributed by atoms with Gasteiger partial charge in [0.2, 0.25) is 11.8 Å². The molecule has 1 aromatic rings. The highest BCUT2D eigenvalue weighted by Gasteiger charge is 2.48. The standard InChI is InChI=1S/C19H20F2N4O4/c1-8-6-22-7-9(2)24(8)16-14-10(5-11(20)15(16)21)18(28)25(19(14)29)12-3-4-13(26)23-17(12)27/h5,8-9,12,22H,3-4,6-7H2,1-2H3,(H,23,26,27). The zero-order valence-corrected chi connectivity index (χ0v) is 15.9. The second-order valence-corrected chi connectivity index (χ2v) is 7.65. The summed E-state index contributed by atoms with van der Waals surface area (Å²) < 4.78 is 29.4. The molecule has 2 N–H and O–H groups in total. The molecule has 8 nitrogen and oxygen atoms in total. The Balaban J connectivity index is 1.83. The molecule has 0 saturated carbocycles. The summed E-state index contributed by atoms with van der Waals surface area (Å²) in [5.41, 5.74) is -0.764. The van der Waals surface area contributed by atoms with Gasteiger partial charge in [-0.05, 0) is 26.3 Å². The van der Waals surface area contributed by atoms with Crippen LogP contribution in [-0.4, -0.2) is 59.7 Å². The van der Waals surface area contributed by atoms with E-state index in [9.17, 15) is 28.0 Å². The Hall–Kier alpha value is -2.88. The highest BCUT2D eigenvalue weighted by Crippen LogP contribution is 2.39. The van der Waals surface area contributed by atoms with Gasteiger partial charge in [0.25, 0.3) is 11.8 Å². The number of nitrogens with zero attached hydrogens (tertiary/aromatic N) is 2. The van der Waals surface area contributed by atoms with Gasteiger partial charge in [0.05, 0.1) is 16.8 Å². The van der Waals surface area contributed by atoms with Gasteiger partial charge in [-0.15, -0.1) is 0 Å². The maximum absolute atomic E-state index is 14.9. The van der Waals surface area contributed by atoms with Crippen molar-refractivity contribution in [2.24, 2.45) is 0 Å². The molecule has 29 heavy (non-hydrogen) atoms. The van der Waals surface area contributed by atoms with E-state index in [2.05, 4.69) is 10.6 Å². The molecule has 3 aliphatic heterocycles. The van der Waals surface area contributed by atoms with Gasteiger partial charge in [0.1, 0.15) is 6.04 Å². The van der Waals surface area contributed by atoms with Crippen molar-refractivity contribution in [1.29, 1.82) is 0 Å². The van der Waals surface area contributed by atoms with Crippen LogP contribution in [0.1, 0.15) is 47.4 Å². The van der Waals surface area contributed by atoms with Crippen molar-refractivity contribution in [1.82, 2.24) is 15.5 Å². The number of piperidine rings is 1. The van der Waals surface area contributed by atoms with Gasteiger partial charge in [-0.1, -0.05) is 0 Å². The van der Waals surface area contributed by atoms with Crippen molar-refractivity contribution in [3.8, 4) is 0 Å². The lowest BCUT2D eigenvalue weighted by Crippen LogP contribution is -2.56.